The van der Waals surface area contributed by atoms with Gasteiger partial charge >= 0.3 is 0 Å². The Morgan fingerprint density at radius 1 is 1.22 bits per heavy atom. The molecule has 0 amide bonds. The summed E-state index contributed by atoms with van der Waals surface area (Å²) in [7, 11) is -1.45. The minimum atomic E-state index is -3.60. The summed E-state index contributed by atoms with van der Waals surface area (Å²) in [6.07, 6.45) is 4.18. The van der Waals surface area contributed by atoms with Crippen LogP contribution in [0.2, 0.25) is 5.02 Å². The fraction of sp³-hybridized carbons (Fsp3) is 0.448. The lowest BCUT2D eigenvalue weighted by atomic mass is 9.82. The van der Waals surface area contributed by atoms with Crippen LogP contribution in [-0.4, -0.2) is 54.8 Å². The van der Waals surface area contributed by atoms with E-state index in [1.54, 1.807) is 32.0 Å². The van der Waals surface area contributed by atoms with Gasteiger partial charge in [-0.25, -0.2) is 13.4 Å². The summed E-state index contributed by atoms with van der Waals surface area (Å²) in [5.41, 5.74) is 4.25. The first kappa shape index (κ1) is 29.2. The van der Waals surface area contributed by atoms with Gasteiger partial charge in [0.25, 0.3) is 5.95 Å². The molecule has 2 aliphatic rings. The van der Waals surface area contributed by atoms with E-state index in [2.05, 4.69) is 39.4 Å². The standard InChI is InChI=1S/C29H35ClN6O4S/c1-17(2)41(38,39)25-9-7-6-8-23(25)32-28-22(30)16-31-29(33-28)36(34-37)24-14-18(3)26(20-10-12-35(5)13-11-20)21-15-19(4)40-27(21)24/h6-9,14,16-17,19-20H,10-13,15H2,1-5H3,(H,31,32,33)/t19-/m1/s1. The van der Waals surface area contributed by atoms with E-state index in [1.807, 2.05) is 13.0 Å². The van der Waals surface area contributed by atoms with Crippen molar-refractivity contribution in [2.45, 2.75) is 69.1 Å². The van der Waals surface area contributed by atoms with Gasteiger partial charge in [-0.3, -0.25) is 0 Å². The number of hydrogen-bond donors (Lipinski definition) is 1. The topological polar surface area (TPSA) is 117 Å². The van der Waals surface area contributed by atoms with Gasteiger partial charge in [-0.15, -0.1) is 4.91 Å². The number of piperidine rings is 1. The molecule has 0 aliphatic carbocycles. The number of sulfone groups is 1. The van der Waals surface area contributed by atoms with Crippen molar-refractivity contribution in [3.63, 3.8) is 0 Å². The number of ether oxygens (including phenoxy) is 1. The summed E-state index contributed by atoms with van der Waals surface area (Å²) in [4.78, 5) is 23.6. The molecule has 1 saturated heterocycles. The van der Waals surface area contributed by atoms with Crippen molar-refractivity contribution < 1.29 is 13.2 Å². The van der Waals surface area contributed by atoms with Gasteiger partial charge in [0.1, 0.15) is 22.6 Å². The molecule has 2 aromatic carbocycles. The van der Waals surface area contributed by atoms with Crippen LogP contribution in [0.4, 0.5) is 23.1 Å². The molecule has 0 spiro atoms. The Morgan fingerprint density at radius 3 is 2.61 bits per heavy atom. The van der Waals surface area contributed by atoms with Crippen LogP contribution in [0, 0.1) is 11.8 Å². The van der Waals surface area contributed by atoms with Crippen molar-refractivity contribution in [1.82, 2.24) is 14.9 Å². The van der Waals surface area contributed by atoms with Gasteiger partial charge in [-0.05, 0) is 95.9 Å². The second-order valence-electron chi connectivity index (χ2n) is 11.1. The Bertz CT molecular complexity index is 1570. The summed E-state index contributed by atoms with van der Waals surface area (Å²) in [5.74, 6) is 1.17. The average Bonchev–Trinajstić information content (AvgIpc) is 3.32. The predicted octanol–water partition coefficient (Wildman–Crippen LogP) is 6.32. The Labute approximate surface area is 245 Å². The van der Waals surface area contributed by atoms with Crippen LogP contribution < -0.4 is 15.1 Å². The molecular weight excluding hydrogens is 564 g/mol. The van der Waals surface area contributed by atoms with Gasteiger partial charge in [0.2, 0.25) is 0 Å². The van der Waals surface area contributed by atoms with Crippen molar-refractivity contribution in [3.8, 4) is 5.75 Å². The first-order chi connectivity index (χ1) is 19.5. The molecular formula is C29H35ClN6O4S. The Morgan fingerprint density at radius 2 is 1.93 bits per heavy atom. The molecule has 41 heavy (non-hydrogen) atoms. The van der Waals surface area contributed by atoms with Gasteiger partial charge in [-0.1, -0.05) is 23.7 Å². The molecule has 2 aliphatic heterocycles. The molecule has 0 saturated carbocycles. The zero-order valence-corrected chi connectivity index (χ0v) is 25.5. The van der Waals surface area contributed by atoms with Gasteiger partial charge in [0.05, 0.1) is 27.3 Å². The maximum Gasteiger partial charge on any atom is 0.255 e. The number of nitrogens with one attached hydrogen (secondary N) is 1. The zero-order chi connectivity index (χ0) is 29.5. The fourth-order valence-electron chi connectivity index (χ4n) is 5.69. The molecule has 1 aromatic heterocycles. The molecule has 218 valence electrons. The molecule has 3 heterocycles. The lowest BCUT2D eigenvalue weighted by Gasteiger charge is -2.31. The highest BCUT2D eigenvalue weighted by molar-refractivity contribution is 7.92. The number of aryl methyl sites for hydroxylation is 1. The number of nitrogens with zero attached hydrogens (tertiary/aromatic N) is 5. The summed E-state index contributed by atoms with van der Waals surface area (Å²) in [6.45, 7) is 9.39. The highest BCUT2D eigenvalue weighted by atomic mass is 35.5. The molecule has 10 nitrogen and oxygen atoms in total. The van der Waals surface area contributed by atoms with E-state index in [-0.39, 0.29) is 27.8 Å². The second-order valence-corrected chi connectivity index (χ2v) is 14.0. The average molecular weight is 599 g/mol. The number of fused-ring (bicyclic) bond motifs is 1. The van der Waals surface area contributed by atoms with E-state index in [1.165, 1.54) is 17.8 Å². The number of anilines is 4. The summed E-state index contributed by atoms with van der Waals surface area (Å²) in [5, 5.41) is 6.96. The van der Waals surface area contributed by atoms with Crippen LogP contribution in [0.15, 0.2) is 46.7 Å². The fourth-order valence-corrected chi connectivity index (χ4v) is 7.03. The Hall–Kier alpha value is -3.28. The normalized spacial score (nSPS) is 17.8. The zero-order valence-electron chi connectivity index (χ0n) is 23.9. The van der Waals surface area contributed by atoms with Crippen molar-refractivity contribution >= 4 is 44.6 Å². The van der Waals surface area contributed by atoms with Crippen LogP contribution in [-0.2, 0) is 16.3 Å². The van der Waals surface area contributed by atoms with E-state index in [4.69, 9.17) is 16.3 Å². The van der Waals surface area contributed by atoms with Crippen molar-refractivity contribution in [3.05, 3.63) is 63.1 Å². The molecule has 0 bridgehead atoms. The van der Waals surface area contributed by atoms with Gasteiger partial charge in [-0.2, -0.15) is 9.99 Å². The highest BCUT2D eigenvalue weighted by Gasteiger charge is 2.34. The number of likely N-dealkylation sites (tertiary alicyclic amines) is 1. The molecule has 3 aromatic rings. The quantitative estimate of drug-likeness (QED) is 0.235. The van der Waals surface area contributed by atoms with Crippen LogP contribution in [0.25, 0.3) is 0 Å². The molecule has 5 rings (SSSR count). The van der Waals surface area contributed by atoms with Crippen molar-refractivity contribution in [2.75, 3.05) is 30.5 Å². The van der Waals surface area contributed by atoms with Gasteiger partial charge in [0, 0.05) is 12.0 Å². The largest absolute Gasteiger partial charge is 0.488 e. The third-order valence-electron chi connectivity index (χ3n) is 7.85. The SMILES string of the molecule is Cc1cc(N(N=O)c2ncc(Cl)c(Nc3ccccc3S(=O)(=O)C(C)C)n2)c2c(c1C1CCN(C)CC1)C[C@@H](C)O2. The van der Waals surface area contributed by atoms with Gasteiger partial charge in [0.15, 0.2) is 15.7 Å². The van der Waals surface area contributed by atoms with Crippen molar-refractivity contribution in [1.29, 1.82) is 0 Å². The molecule has 1 atom stereocenters. The molecule has 1 fully saturated rings. The highest BCUT2D eigenvalue weighted by Crippen LogP contribution is 2.47. The van der Waals surface area contributed by atoms with Crippen LogP contribution in [0.1, 0.15) is 56.2 Å². The third kappa shape index (κ3) is 5.62. The number of aromatic nitrogens is 2. The van der Waals surface area contributed by atoms with Crippen LogP contribution >= 0.6 is 11.6 Å². The van der Waals surface area contributed by atoms with E-state index in [0.29, 0.717) is 23.0 Å². The summed E-state index contributed by atoms with van der Waals surface area (Å²) in [6, 6.07) is 8.46. The van der Waals surface area contributed by atoms with E-state index >= 15 is 0 Å². The van der Waals surface area contributed by atoms with Crippen LogP contribution in [0.5, 0.6) is 5.75 Å². The maximum atomic E-state index is 13.0. The third-order valence-corrected chi connectivity index (χ3v) is 10.3. The number of benzene rings is 2. The Balaban J connectivity index is 1.54. The summed E-state index contributed by atoms with van der Waals surface area (Å²) < 4.78 is 32.2. The molecule has 1 N–H and O–H groups in total. The lowest BCUT2D eigenvalue weighted by Crippen LogP contribution is -2.30. The second kappa shape index (κ2) is 11.5. The Kier molecular flexibility index (Phi) is 8.22. The van der Waals surface area contributed by atoms with E-state index < -0.39 is 15.1 Å². The number of halogens is 1. The smallest absolute Gasteiger partial charge is 0.255 e. The maximum absolute atomic E-state index is 13.0. The lowest BCUT2D eigenvalue weighted by molar-refractivity contribution is 0.254. The summed E-state index contributed by atoms with van der Waals surface area (Å²) >= 11 is 6.43. The first-order valence-corrected chi connectivity index (χ1v) is 15.7. The molecule has 0 unspecified atom stereocenters. The van der Waals surface area contributed by atoms with Crippen molar-refractivity contribution in [2.24, 2.45) is 5.29 Å². The van der Waals surface area contributed by atoms with E-state index in [0.717, 1.165) is 48.5 Å². The molecule has 12 heteroatoms. The van der Waals surface area contributed by atoms with E-state index in [9.17, 15) is 13.3 Å². The predicted molar refractivity (Wildman–Crippen MR) is 161 cm³/mol. The molecule has 0 radical (unpaired) electrons. The van der Waals surface area contributed by atoms with Crippen LogP contribution in [0.3, 0.4) is 0 Å². The number of rotatable bonds is 8. The first-order valence-electron chi connectivity index (χ1n) is 13.8. The monoisotopic (exact) mass is 598 g/mol. The number of nitroso groups, excluding NO2 is 1. The van der Waals surface area contributed by atoms with Gasteiger partial charge < -0.3 is 15.0 Å². The minimum Gasteiger partial charge on any atom is -0.488 e. The number of para-hydroxylation sites is 1. The minimum absolute atomic E-state index is 0.0205. The number of hydrogen-bond acceptors (Lipinski definition) is 9.